The van der Waals surface area contributed by atoms with Gasteiger partial charge in [-0.1, -0.05) is 0 Å². The van der Waals surface area contributed by atoms with Crippen molar-refractivity contribution in [3.63, 3.8) is 0 Å². The van der Waals surface area contributed by atoms with Gasteiger partial charge in [0.25, 0.3) is 0 Å². The van der Waals surface area contributed by atoms with Crippen LogP contribution in [0.25, 0.3) is 0 Å². The van der Waals surface area contributed by atoms with Gasteiger partial charge in [0.2, 0.25) is 0 Å². The Kier molecular flexibility index (Phi) is 5.37. The van der Waals surface area contributed by atoms with Crippen molar-refractivity contribution in [3.05, 3.63) is 23.3 Å². The highest BCUT2D eigenvalue weighted by molar-refractivity contribution is 8.00. The van der Waals surface area contributed by atoms with Gasteiger partial charge >= 0.3 is 18.1 Å². The number of thioether (sulfide) groups is 1. The van der Waals surface area contributed by atoms with Crippen LogP contribution < -0.4 is 4.74 Å². The van der Waals surface area contributed by atoms with Crippen molar-refractivity contribution in [2.75, 3.05) is 7.11 Å². The first-order chi connectivity index (χ1) is 9.67. The SMILES string of the molecule is COC(=O)c1cc(OC(F)F)c(SC(F)(F)F)cc1C#N. The molecule has 1 aromatic rings. The molecule has 0 spiro atoms. The highest BCUT2D eigenvalue weighted by Crippen LogP contribution is 2.43. The molecule has 1 rings (SSSR count). The van der Waals surface area contributed by atoms with E-state index in [1.807, 2.05) is 0 Å². The number of benzene rings is 1. The predicted octanol–water partition coefficient (Wildman–Crippen LogP) is 3.56. The van der Waals surface area contributed by atoms with Gasteiger partial charge in [-0.25, -0.2) is 4.79 Å². The van der Waals surface area contributed by atoms with Crippen LogP contribution in [0.15, 0.2) is 17.0 Å². The third kappa shape index (κ3) is 4.78. The Morgan fingerprint density at radius 3 is 2.43 bits per heavy atom. The van der Waals surface area contributed by atoms with Crippen molar-refractivity contribution in [1.82, 2.24) is 0 Å². The zero-order valence-corrected chi connectivity index (χ0v) is 11.0. The molecule has 0 saturated heterocycles. The molecule has 1 aromatic carbocycles. The van der Waals surface area contributed by atoms with Crippen LogP contribution in [-0.4, -0.2) is 25.2 Å². The maximum Gasteiger partial charge on any atom is 0.446 e. The van der Waals surface area contributed by atoms with Crippen LogP contribution in [0, 0.1) is 11.3 Å². The number of hydrogen-bond acceptors (Lipinski definition) is 5. The van der Waals surface area contributed by atoms with Crippen LogP contribution in [0.5, 0.6) is 5.75 Å². The fraction of sp³-hybridized carbons (Fsp3) is 0.273. The van der Waals surface area contributed by atoms with E-state index in [1.54, 1.807) is 0 Å². The highest BCUT2D eigenvalue weighted by Gasteiger charge is 2.32. The monoisotopic (exact) mass is 327 g/mol. The van der Waals surface area contributed by atoms with E-state index in [-0.39, 0.29) is 0 Å². The number of nitrogens with zero attached hydrogens (tertiary/aromatic N) is 1. The number of carbonyl (C=O) groups excluding carboxylic acids is 1. The molecule has 0 amide bonds. The lowest BCUT2D eigenvalue weighted by atomic mass is 10.1. The van der Waals surface area contributed by atoms with Gasteiger partial charge in [0.05, 0.1) is 23.1 Å². The normalized spacial score (nSPS) is 11.1. The van der Waals surface area contributed by atoms with E-state index in [2.05, 4.69) is 9.47 Å². The molecule has 0 aliphatic carbocycles. The first-order valence-corrected chi connectivity index (χ1v) is 5.86. The molecule has 0 aliphatic rings. The molecule has 0 bridgehead atoms. The first-order valence-electron chi connectivity index (χ1n) is 5.05. The van der Waals surface area contributed by atoms with Gasteiger partial charge in [0, 0.05) is 0 Å². The van der Waals surface area contributed by atoms with E-state index in [0.717, 1.165) is 7.11 Å². The van der Waals surface area contributed by atoms with Crippen molar-refractivity contribution < 1.29 is 36.2 Å². The first kappa shape index (κ1) is 17.0. The number of halogens is 5. The van der Waals surface area contributed by atoms with Gasteiger partial charge in [-0.3, -0.25) is 0 Å². The predicted molar refractivity (Wildman–Crippen MR) is 61.0 cm³/mol. The average Bonchev–Trinajstić information content (AvgIpc) is 2.37. The number of hydrogen-bond donors (Lipinski definition) is 0. The largest absolute Gasteiger partial charge is 0.465 e. The van der Waals surface area contributed by atoms with E-state index in [0.29, 0.717) is 12.1 Å². The number of carbonyl (C=O) groups is 1. The van der Waals surface area contributed by atoms with Crippen molar-refractivity contribution in [1.29, 1.82) is 5.26 Å². The lowest BCUT2D eigenvalue weighted by molar-refractivity contribution is -0.0528. The van der Waals surface area contributed by atoms with Gasteiger partial charge in [-0.15, -0.1) is 0 Å². The van der Waals surface area contributed by atoms with Crippen LogP contribution >= 0.6 is 11.8 Å². The molecule has 114 valence electrons. The Balaban J connectivity index is 3.41. The third-order valence-corrected chi connectivity index (χ3v) is 2.82. The fourth-order valence-electron chi connectivity index (χ4n) is 1.32. The van der Waals surface area contributed by atoms with Gasteiger partial charge in [0.15, 0.2) is 0 Å². The van der Waals surface area contributed by atoms with Crippen LogP contribution in [0.3, 0.4) is 0 Å². The minimum Gasteiger partial charge on any atom is -0.465 e. The second-order valence-electron chi connectivity index (χ2n) is 3.37. The molecule has 0 radical (unpaired) electrons. The Labute approximate surface area is 119 Å². The molecule has 0 fully saturated rings. The average molecular weight is 327 g/mol. The van der Waals surface area contributed by atoms with Crippen molar-refractivity contribution >= 4 is 17.7 Å². The molecular weight excluding hydrogens is 321 g/mol. The lowest BCUT2D eigenvalue weighted by Gasteiger charge is -2.14. The third-order valence-electron chi connectivity index (χ3n) is 2.05. The number of rotatable bonds is 4. The van der Waals surface area contributed by atoms with E-state index in [4.69, 9.17) is 5.26 Å². The Morgan fingerprint density at radius 2 is 2.00 bits per heavy atom. The quantitative estimate of drug-likeness (QED) is 0.481. The molecule has 0 aromatic heterocycles. The second-order valence-corrected chi connectivity index (χ2v) is 4.48. The van der Waals surface area contributed by atoms with Gasteiger partial charge in [0.1, 0.15) is 11.8 Å². The van der Waals surface area contributed by atoms with Crippen molar-refractivity contribution in [2.24, 2.45) is 0 Å². The van der Waals surface area contributed by atoms with Crippen LogP contribution in [0.4, 0.5) is 22.0 Å². The molecule has 0 N–H and O–H groups in total. The lowest BCUT2D eigenvalue weighted by Crippen LogP contribution is -2.10. The summed E-state index contributed by atoms with van der Waals surface area (Å²) in [6, 6.07) is 2.75. The Bertz CT molecular complexity index is 582. The van der Waals surface area contributed by atoms with Crippen LogP contribution in [0.1, 0.15) is 15.9 Å². The zero-order chi connectivity index (χ0) is 16.2. The number of alkyl halides is 5. The van der Waals surface area contributed by atoms with E-state index in [9.17, 15) is 26.7 Å². The zero-order valence-electron chi connectivity index (χ0n) is 10.2. The smallest absolute Gasteiger partial charge is 0.446 e. The maximum atomic E-state index is 12.4. The maximum absolute atomic E-state index is 12.4. The van der Waals surface area contributed by atoms with Crippen molar-refractivity contribution in [2.45, 2.75) is 17.0 Å². The molecule has 0 saturated carbocycles. The molecule has 10 heteroatoms. The number of ether oxygens (including phenoxy) is 2. The summed E-state index contributed by atoms with van der Waals surface area (Å²) in [6.45, 7) is -3.39. The van der Waals surface area contributed by atoms with E-state index in [1.165, 1.54) is 6.07 Å². The highest BCUT2D eigenvalue weighted by atomic mass is 32.2. The minimum absolute atomic E-state index is 0.449. The van der Waals surface area contributed by atoms with Crippen LogP contribution in [0.2, 0.25) is 0 Å². The summed E-state index contributed by atoms with van der Waals surface area (Å²) in [5.41, 5.74) is -5.70. The van der Waals surface area contributed by atoms with Gasteiger partial charge < -0.3 is 9.47 Å². The van der Waals surface area contributed by atoms with Gasteiger partial charge in [-0.05, 0) is 23.9 Å². The molecule has 0 aliphatic heterocycles. The molecule has 0 unspecified atom stereocenters. The summed E-state index contributed by atoms with van der Waals surface area (Å²) in [6.07, 6.45) is 0. The summed E-state index contributed by atoms with van der Waals surface area (Å²) in [4.78, 5) is 10.6. The summed E-state index contributed by atoms with van der Waals surface area (Å²) in [7, 11) is 0.968. The Morgan fingerprint density at radius 1 is 1.38 bits per heavy atom. The second kappa shape index (κ2) is 6.62. The number of nitriles is 1. The summed E-state index contributed by atoms with van der Waals surface area (Å²) < 4.78 is 69.8. The molecule has 0 atom stereocenters. The fourth-order valence-corrected chi connectivity index (χ4v) is 1.96. The molecule has 4 nitrogen and oxygen atoms in total. The number of esters is 1. The van der Waals surface area contributed by atoms with E-state index >= 15 is 0 Å². The molecule has 21 heavy (non-hydrogen) atoms. The van der Waals surface area contributed by atoms with Crippen LogP contribution in [-0.2, 0) is 4.74 Å². The standard InChI is InChI=1S/C11H6F5NO3S/c1-19-9(18)6-3-7(20-10(12)13)8(2-5(6)4-17)21-11(14,15)16/h2-3,10H,1H3. The summed E-state index contributed by atoms with van der Waals surface area (Å²) in [5.74, 6) is -1.93. The number of methoxy groups -OCH3 is 1. The summed E-state index contributed by atoms with van der Waals surface area (Å²) in [5, 5.41) is 8.82. The minimum atomic E-state index is -4.78. The van der Waals surface area contributed by atoms with Gasteiger partial charge in [-0.2, -0.15) is 27.2 Å². The van der Waals surface area contributed by atoms with Crippen molar-refractivity contribution in [3.8, 4) is 11.8 Å². The molecule has 0 heterocycles. The summed E-state index contributed by atoms with van der Waals surface area (Å²) >= 11 is -0.735. The topological polar surface area (TPSA) is 59.3 Å². The Hall–Kier alpha value is -2.02. The van der Waals surface area contributed by atoms with E-state index < -0.39 is 51.6 Å². The molecular formula is C11H6F5NO3S.